The maximum absolute atomic E-state index is 8.01. The molecule has 2 N–H and O–H groups in total. The summed E-state index contributed by atoms with van der Waals surface area (Å²) >= 11 is 0. The molecule has 0 rings (SSSR count). The third-order valence-electron chi connectivity index (χ3n) is 0.610. The van der Waals surface area contributed by atoms with Gasteiger partial charge in [0.1, 0.15) is 0 Å². The molecule has 2 nitrogen and oxygen atoms in total. The summed E-state index contributed by atoms with van der Waals surface area (Å²) in [6.45, 7) is 0. The van der Waals surface area contributed by atoms with E-state index in [0.717, 1.165) is 12.6 Å². The van der Waals surface area contributed by atoms with Crippen LogP contribution in [0.1, 0.15) is 12.8 Å². The maximum Gasteiger partial charge on any atom is 0.0621 e. The van der Waals surface area contributed by atoms with Gasteiger partial charge in [0.25, 0.3) is 0 Å². The zero-order valence-corrected chi connectivity index (χ0v) is 5.15. The average Bonchev–Trinajstić information content (AvgIpc) is 1.69. The van der Waals surface area contributed by atoms with Crippen molar-refractivity contribution in [2.75, 3.05) is 6.16 Å². The summed E-state index contributed by atoms with van der Waals surface area (Å²) in [5.41, 5.74) is 5.19. The van der Waals surface area contributed by atoms with Crippen LogP contribution in [0.4, 0.5) is 0 Å². The van der Waals surface area contributed by atoms with Crippen molar-refractivity contribution < 1.29 is 0 Å². The van der Waals surface area contributed by atoms with Gasteiger partial charge in [0.05, 0.1) is 6.07 Å². The van der Waals surface area contributed by atoms with Crippen LogP contribution in [0.3, 0.4) is 0 Å². The fourth-order valence-corrected chi connectivity index (χ4v) is 0.650. The second kappa shape index (κ2) is 5.88. The van der Waals surface area contributed by atoms with Gasteiger partial charge in [0.2, 0.25) is 0 Å². The Morgan fingerprint density at radius 1 is 1.71 bits per heavy atom. The molecule has 0 aromatic heterocycles. The third-order valence-corrected chi connectivity index (χ3v) is 1.25. The van der Waals surface area contributed by atoms with Crippen molar-refractivity contribution in [3.05, 3.63) is 0 Å². The van der Waals surface area contributed by atoms with E-state index in [2.05, 4.69) is 6.07 Å². The molecule has 0 aliphatic heterocycles. The Hall–Kier alpha value is -0.120. The first-order valence-electron chi connectivity index (χ1n) is 2.22. The first-order valence-corrected chi connectivity index (χ1v) is 3.50. The predicted octanol–water partition coefficient (Wildman–Crippen LogP) is 0.842. The molecule has 1 unspecified atom stereocenters. The van der Waals surface area contributed by atoms with Gasteiger partial charge in [-0.25, -0.2) is 0 Å². The van der Waals surface area contributed by atoms with Gasteiger partial charge in [-0.3, -0.25) is 0 Å². The molecular weight excluding hydrogens is 107 g/mol. The standard InChI is InChI=1S/C4H9N2P/c5-3-1-2-4-7-6/h7H,1-2,4,6H2. The van der Waals surface area contributed by atoms with E-state index in [9.17, 15) is 0 Å². The van der Waals surface area contributed by atoms with Gasteiger partial charge < -0.3 is 5.50 Å². The fourth-order valence-electron chi connectivity index (χ4n) is 0.270. The summed E-state index contributed by atoms with van der Waals surface area (Å²) in [6.07, 6.45) is 2.63. The highest BCUT2D eigenvalue weighted by Crippen LogP contribution is 1.99. The molecule has 0 saturated heterocycles. The highest BCUT2D eigenvalue weighted by atomic mass is 31.1. The molecule has 0 fully saturated rings. The predicted molar refractivity (Wildman–Crippen MR) is 32.2 cm³/mol. The zero-order valence-electron chi connectivity index (χ0n) is 4.15. The van der Waals surface area contributed by atoms with E-state index in [1.165, 1.54) is 0 Å². The number of rotatable bonds is 3. The van der Waals surface area contributed by atoms with Crippen molar-refractivity contribution in [1.29, 1.82) is 5.26 Å². The second-order valence-corrected chi connectivity index (χ2v) is 2.12. The second-order valence-electron chi connectivity index (χ2n) is 1.22. The van der Waals surface area contributed by atoms with Crippen LogP contribution >= 0.6 is 8.73 Å². The van der Waals surface area contributed by atoms with E-state index >= 15 is 0 Å². The molecule has 0 aromatic rings. The van der Waals surface area contributed by atoms with Gasteiger partial charge >= 0.3 is 0 Å². The van der Waals surface area contributed by atoms with Gasteiger partial charge in [0, 0.05) is 6.42 Å². The van der Waals surface area contributed by atoms with Crippen molar-refractivity contribution >= 4 is 8.73 Å². The van der Waals surface area contributed by atoms with E-state index in [1.807, 2.05) is 0 Å². The Morgan fingerprint density at radius 2 is 2.43 bits per heavy atom. The molecule has 0 aliphatic carbocycles. The molecule has 1 atom stereocenters. The van der Waals surface area contributed by atoms with Gasteiger partial charge in [-0.15, -0.1) is 0 Å². The molecule has 3 heteroatoms. The highest BCUT2D eigenvalue weighted by molar-refractivity contribution is 7.35. The Kier molecular flexibility index (Phi) is 5.78. The van der Waals surface area contributed by atoms with Crippen LogP contribution in [0, 0.1) is 11.3 Å². The van der Waals surface area contributed by atoms with Crippen molar-refractivity contribution in [3.63, 3.8) is 0 Å². The zero-order chi connectivity index (χ0) is 5.54. The largest absolute Gasteiger partial charge is 0.312 e. The van der Waals surface area contributed by atoms with E-state index < -0.39 is 0 Å². The molecule has 40 valence electrons. The number of nitrogens with zero attached hydrogens (tertiary/aromatic N) is 1. The van der Waals surface area contributed by atoms with Crippen molar-refractivity contribution in [2.45, 2.75) is 12.8 Å². The lowest BCUT2D eigenvalue weighted by Gasteiger charge is -1.85. The summed E-state index contributed by atoms with van der Waals surface area (Å²) in [7, 11) is 0.517. The van der Waals surface area contributed by atoms with Crippen molar-refractivity contribution in [1.82, 2.24) is 0 Å². The topological polar surface area (TPSA) is 49.8 Å². The van der Waals surface area contributed by atoms with Crippen LogP contribution in [-0.2, 0) is 0 Å². The van der Waals surface area contributed by atoms with Gasteiger partial charge in [-0.2, -0.15) is 5.26 Å². The van der Waals surface area contributed by atoms with E-state index in [1.54, 1.807) is 0 Å². The Morgan fingerprint density at radius 3 is 2.86 bits per heavy atom. The average molecular weight is 116 g/mol. The molecular formula is C4H9N2P. The third kappa shape index (κ3) is 5.88. The van der Waals surface area contributed by atoms with Crippen LogP contribution in [0.25, 0.3) is 0 Å². The first kappa shape index (κ1) is 6.88. The SMILES string of the molecule is N#CCCCPN. The summed E-state index contributed by atoms with van der Waals surface area (Å²) < 4.78 is 0. The van der Waals surface area contributed by atoms with Crippen molar-refractivity contribution in [2.24, 2.45) is 5.50 Å². The van der Waals surface area contributed by atoms with Crippen molar-refractivity contribution in [3.8, 4) is 6.07 Å². The minimum absolute atomic E-state index is 0.517. The smallest absolute Gasteiger partial charge is 0.0621 e. The highest BCUT2D eigenvalue weighted by Gasteiger charge is 1.79. The van der Waals surface area contributed by atoms with Crippen LogP contribution in [0.2, 0.25) is 0 Å². The minimum Gasteiger partial charge on any atom is -0.312 e. The molecule has 0 spiro atoms. The quantitative estimate of drug-likeness (QED) is 0.438. The normalized spacial score (nSPS) is 9.71. The van der Waals surface area contributed by atoms with Gasteiger partial charge in [-0.05, 0) is 12.6 Å². The number of nitriles is 1. The molecule has 7 heavy (non-hydrogen) atoms. The number of hydrogen-bond donors (Lipinski definition) is 1. The molecule has 0 saturated carbocycles. The van der Waals surface area contributed by atoms with Crippen LogP contribution in [0.5, 0.6) is 0 Å². The lowest BCUT2D eigenvalue weighted by atomic mass is 10.4. The molecule has 0 aromatic carbocycles. The number of hydrogen-bond acceptors (Lipinski definition) is 2. The summed E-state index contributed by atoms with van der Waals surface area (Å²) in [4.78, 5) is 0. The molecule has 0 bridgehead atoms. The molecule has 0 heterocycles. The van der Waals surface area contributed by atoms with Crippen LogP contribution < -0.4 is 5.50 Å². The van der Waals surface area contributed by atoms with Gasteiger partial charge in [-0.1, -0.05) is 8.73 Å². The van der Waals surface area contributed by atoms with E-state index in [-0.39, 0.29) is 0 Å². The number of unbranched alkanes of at least 4 members (excludes halogenated alkanes) is 1. The molecule has 0 amide bonds. The maximum atomic E-state index is 8.01. The number of nitrogens with two attached hydrogens (primary N) is 1. The lowest BCUT2D eigenvalue weighted by Crippen LogP contribution is -1.79. The minimum atomic E-state index is 0.517. The fraction of sp³-hybridized carbons (Fsp3) is 0.750. The lowest BCUT2D eigenvalue weighted by molar-refractivity contribution is 0.978. The Labute approximate surface area is 45.5 Å². The molecule has 0 aliphatic rings. The summed E-state index contributed by atoms with van der Waals surface area (Å²) in [6, 6.07) is 2.05. The summed E-state index contributed by atoms with van der Waals surface area (Å²) in [5.74, 6) is 0. The summed E-state index contributed by atoms with van der Waals surface area (Å²) in [5, 5.41) is 8.01. The molecule has 0 radical (unpaired) electrons. The van der Waals surface area contributed by atoms with Crippen LogP contribution in [-0.4, -0.2) is 6.16 Å². The van der Waals surface area contributed by atoms with E-state index in [0.29, 0.717) is 15.2 Å². The Balaban J connectivity index is 2.60. The van der Waals surface area contributed by atoms with Gasteiger partial charge in [0.15, 0.2) is 0 Å². The van der Waals surface area contributed by atoms with E-state index in [4.69, 9.17) is 10.8 Å². The Bertz CT molecular complexity index is 66.6. The monoisotopic (exact) mass is 116 g/mol. The first-order chi connectivity index (χ1) is 3.41. The van der Waals surface area contributed by atoms with Crippen LogP contribution in [0.15, 0.2) is 0 Å².